The molecule has 1 aliphatic rings. The summed E-state index contributed by atoms with van der Waals surface area (Å²) in [6.07, 6.45) is -3.17. The van der Waals surface area contributed by atoms with Gasteiger partial charge in [-0.3, -0.25) is 0 Å². The number of likely N-dealkylation sites (N-methyl/N-ethyl adjacent to an activating group) is 1. The molecule has 0 radical (unpaired) electrons. The van der Waals surface area contributed by atoms with Crippen molar-refractivity contribution in [3.63, 3.8) is 0 Å². The minimum atomic E-state index is -4.28. The first-order valence-electron chi connectivity index (χ1n) is 5.94. The van der Waals surface area contributed by atoms with E-state index in [-0.39, 0.29) is 6.61 Å². The molecule has 18 heavy (non-hydrogen) atoms. The lowest BCUT2D eigenvalue weighted by atomic mass is 9.94. The molecule has 1 aliphatic heterocycles. The SMILES string of the molecule is CN(CCOCC(F)(F)F)CC1(O)CCOCC1. The quantitative estimate of drug-likeness (QED) is 0.733. The highest BCUT2D eigenvalue weighted by Crippen LogP contribution is 2.21. The third-order valence-corrected chi connectivity index (χ3v) is 2.87. The summed E-state index contributed by atoms with van der Waals surface area (Å²) in [4.78, 5) is 1.78. The van der Waals surface area contributed by atoms with Gasteiger partial charge in [0.25, 0.3) is 0 Å². The van der Waals surface area contributed by atoms with Crippen LogP contribution in [-0.4, -0.2) is 68.3 Å². The number of hydrogen-bond donors (Lipinski definition) is 1. The van der Waals surface area contributed by atoms with Crippen molar-refractivity contribution in [3.05, 3.63) is 0 Å². The van der Waals surface area contributed by atoms with Gasteiger partial charge in [0.05, 0.1) is 12.2 Å². The molecule has 0 spiro atoms. The average Bonchev–Trinajstić information content (AvgIpc) is 2.23. The molecule has 0 aromatic carbocycles. The van der Waals surface area contributed by atoms with Gasteiger partial charge in [-0.2, -0.15) is 13.2 Å². The monoisotopic (exact) mass is 271 g/mol. The van der Waals surface area contributed by atoms with E-state index >= 15 is 0 Å². The predicted molar refractivity (Wildman–Crippen MR) is 59.4 cm³/mol. The smallest absolute Gasteiger partial charge is 0.388 e. The maximum Gasteiger partial charge on any atom is 0.411 e. The van der Waals surface area contributed by atoms with Crippen LogP contribution in [0.25, 0.3) is 0 Å². The van der Waals surface area contributed by atoms with Gasteiger partial charge >= 0.3 is 6.18 Å². The van der Waals surface area contributed by atoms with Gasteiger partial charge in [0.1, 0.15) is 6.61 Å². The number of rotatable bonds is 6. The van der Waals surface area contributed by atoms with Crippen LogP contribution in [0.1, 0.15) is 12.8 Å². The maximum atomic E-state index is 11.8. The van der Waals surface area contributed by atoms with Crippen LogP contribution in [0.15, 0.2) is 0 Å². The zero-order valence-corrected chi connectivity index (χ0v) is 10.5. The van der Waals surface area contributed by atoms with Crippen LogP contribution in [0, 0.1) is 0 Å². The maximum absolute atomic E-state index is 11.8. The molecule has 0 unspecified atom stereocenters. The Balaban J connectivity index is 2.15. The van der Waals surface area contributed by atoms with Gasteiger partial charge < -0.3 is 19.5 Å². The van der Waals surface area contributed by atoms with Gasteiger partial charge in [-0.15, -0.1) is 0 Å². The van der Waals surface area contributed by atoms with Crippen LogP contribution < -0.4 is 0 Å². The predicted octanol–water partition coefficient (Wildman–Crippen LogP) is 1.04. The third kappa shape index (κ3) is 6.53. The molecule has 108 valence electrons. The van der Waals surface area contributed by atoms with Crippen molar-refractivity contribution < 1.29 is 27.8 Å². The van der Waals surface area contributed by atoms with Crippen molar-refractivity contribution in [1.29, 1.82) is 0 Å². The fourth-order valence-electron chi connectivity index (χ4n) is 1.90. The summed E-state index contributed by atoms with van der Waals surface area (Å²) in [5, 5.41) is 10.2. The van der Waals surface area contributed by atoms with Crippen molar-refractivity contribution in [1.82, 2.24) is 4.90 Å². The van der Waals surface area contributed by atoms with Gasteiger partial charge in [0.15, 0.2) is 0 Å². The Kier molecular flexibility index (Phi) is 5.84. The van der Waals surface area contributed by atoms with E-state index in [1.165, 1.54) is 0 Å². The fourth-order valence-corrected chi connectivity index (χ4v) is 1.90. The Bertz CT molecular complexity index is 242. The topological polar surface area (TPSA) is 41.9 Å². The van der Waals surface area contributed by atoms with E-state index < -0.39 is 18.4 Å². The number of hydrogen-bond acceptors (Lipinski definition) is 4. The molecule has 4 nitrogen and oxygen atoms in total. The van der Waals surface area contributed by atoms with Gasteiger partial charge in [-0.05, 0) is 7.05 Å². The molecule has 1 rings (SSSR count). The number of aliphatic hydroxyl groups is 1. The van der Waals surface area contributed by atoms with Gasteiger partial charge in [-0.1, -0.05) is 0 Å². The van der Waals surface area contributed by atoms with E-state index in [9.17, 15) is 18.3 Å². The first kappa shape index (κ1) is 15.7. The standard InChI is InChI=1S/C11H20F3NO3/c1-15(4-7-18-9-11(12,13)14)8-10(16)2-5-17-6-3-10/h16H,2-9H2,1H3. The van der Waals surface area contributed by atoms with Crippen LogP contribution in [0.4, 0.5) is 13.2 Å². The molecule has 0 saturated carbocycles. The summed E-state index contributed by atoms with van der Waals surface area (Å²) >= 11 is 0. The van der Waals surface area contributed by atoms with Crippen molar-refractivity contribution in [2.24, 2.45) is 0 Å². The molecule has 1 N–H and O–H groups in total. The van der Waals surface area contributed by atoms with Gasteiger partial charge in [0.2, 0.25) is 0 Å². The number of ether oxygens (including phenoxy) is 2. The van der Waals surface area contributed by atoms with Crippen LogP contribution >= 0.6 is 0 Å². The Labute approximate surface area is 105 Å². The molecule has 0 atom stereocenters. The Morgan fingerprint density at radius 1 is 1.33 bits per heavy atom. The Hall–Kier alpha value is -0.370. The molecule has 1 saturated heterocycles. The minimum absolute atomic E-state index is 0.00257. The summed E-state index contributed by atoms with van der Waals surface area (Å²) in [6.45, 7) is 0.607. The molecule has 0 aliphatic carbocycles. The van der Waals surface area contributed by atoms with Gasteiger partial charge in [-0.25, -0.2) is 0 Å². The first-order valence-corrected chi connectivity index (χ1v) is 5.94. The van der Waals surface area contributed by atoms with Crippen molar-refractivity contribution in [3.8, 4) is 0 Å². The summed E-state index contributed by atoms with van der Waals surface area (Å²) in [5.41, 5.74) is -0.795. The largest absolute Gasteiger partial charge is 0.411 e. The molecule has 1 heterocycles. The summed E-state index contributed by atoms with van der Waals surface area (Å²) < 4.78 is 45.1. The molecule has 0 amide bonds. The Morgan fingerprint density at radius 3 is 2.50 bits per heavy atom. The normalized spacial score (nSPS) is 20.3. The second kappa shape index (κ2) is 6.70. The summed E-state index contributed by atoms with van der Waals surface area (Å²) in [6, 6.07) is 0. The lowest BCUT2D eigenvalue weighted by molar-refractivity contribution is -0.175. The highest BCUT2D eigenvalue weighted by atomic mass is 19.4. The second-order valence-corrected chi connectivity index (χ2v) is 4.74. The zero-order valence-electron chi connectivity index (χ0n) is 10.5. The van der Waals surface area contributed by atoms with Crippen LogP contribution in [0.5, 0.6) is 0 Å². The van der Waals surface area contributed by atoms with E-state index in [4.69, 9.17) is 4.74 Å². The van der Waals surface area contributed by atoms with Crippen LogP contribution in [0.3, 0.4) is 0 Å². The lowest BCUT2D eigenvalue weighted by Crippen LogP contribution is -2.46. The first-order chi connectivity index (χ1) is 8.31. The molecule has 0 aromatic heterocycles. The van der Waals surface area contributed by atoms with Crippen molar-refractivity contribution in [2.45, 2.75) is 24.6 Å². The summed E-state index contributed by atoms with van der Waals surface area (Å²) in [5.74, 6) is 0. The van der Waals surface area contributed by atoms with Crippen molar-refractivity contribution in [2.75, 3.05) is 46.6 Å². The minimum Gasteiger partial charge on any atom is -0.388 e. The van der Waals surface area contributed by atoms with Crippen LogP contribution in [-0.2, 0) is 9.47 Å². The van der Waals surface area contributed by atoms with E-state index in [0.29, 0.717) is 39.1 Å². The number of nitrogens with zero attached hydrogens (tertiary/aromatic N) is 1. The molecule has 0 bridgehead atoms. The third-order valence-electron chi connectivity index (χ3n) is 2.87. The average molecular weight is 271 g/mol. The molecule has 0 aromatic rings. The Morgan fingerprint density at radius 2 is 1.94 bits per heavy atom. The highest BCUT2D eigenvalue weighted by Gasteiger charge is 2.31. The molecule has 1 fully saturated rings. The van der Waals surface area contributed by atoms with E-state index in [2.05, 4.69) is 4.74 Å². The number of halogens is 3. The van der Waals surface area contributed by atoms with E-state index in [1.54, 1.807) is 11.9 Å². The van der Waals surface area contributed by atoms with E-state index in [0.717, 1.165) is 0 Å². The second-order valence-electron chi connectivity index (χ2n) is 4.74. The van der Waals surface area contributed by atoms with E-state index in [1.807, 2.05) is 0 Å². The highest BCUT2D eigenvalue weighted by molar-refractivity contribution is 4.83. The molecular formula is C11H20F3NO3. The fraction of sp³-hybridized carbons (Fsp3) is 1.00. The molecular weight excluding hydrogens is 251 g/mol. The zero-order chi connectivity index (χ0) is 13.6. The number of alkyl halides is 3. The summed E-state index contributed by atoms with van der Waals surface area (Å²) in [7, 11) is 1.75. The lowest BCUT2D eigenvalue weighted by Gasteiger charge is -2.35. The van der Waals surface area contributed by atoms with Crippen LogP contribution in [0.2, 0.25) is 0 Å². The molecule has 7 heteroatoms. The van der Waals surface area contributed by atoms with Gasteiger partial charge in [0, 0.05) is 39.1 Å². The van der Waals surface area contributed by atoms with Crippen molar-refractivity contribution >= 4 is 0 Å².